The molecule has 0 atom stereocenters. The molecule has 0 unspecified atom stereocenters. The van der Waals surface area contributed by atoms with Gasteiger partial charge in [-0.15, -0.1) is 0 Å². The minimum atomic E-state index is -3.48. The maximum absolute atomic E-state index is 11.5. The lowest BCUT2D eigenvalue weighted by Crippen LogP contribution is -2.46. The van der Waals surface area contributed by atoms with E-state index in [0.717, 1.165) is 22.7 Å². The molecular weight excluding hydrogens is 290 g/mol. The predicted molar refractivity (Wildman–Crippen MR) is 81.6 cm³/mol. The van der Waals surface area contributed by atoms with E-state index >= 15 is 0 Å². The molecule has 2 rings (SSSR count). The summed E-state index contributed by atoms with van der Waals surface area (Å²) >= 11 is 0. The third-order valence-electron chi connectivity index (χ3n) is 4.21. The van der Waals surface area contributed by atoms with E-state index < -0.39 is 21.1 Å². The van der Waals surface area contributed by atoms with E-state index in [-0.39, 0.29) is 0 Å². The summed E-state index contributed by atoms with van der Waals surface area (Å²) < 4.78 is 35.2. The molecule has 2 N–H and O–H groups in total. The van der Waals surface area contributed by atoms with Crippen LogP contribution in [0.2, 0.25) is 0 Å². The lowest BCUT2D eigenvalue weighted by molar-refractivity contribution is -0.231. The number of primary sulfonamides is 1. The van der Waals surface area contributed by atoms with E-state index in [1.807, 2.05) is 27.7 Å². The van der Waals surface area contributed by atoms with Crippen molar-refractivity contribution in [3.05, 3.63) is 22.7 Å². The molecule has 0 aromatic heterocycles. The van der Waals surface area contributed by atoms with Gasteiger partial charge in [-0.2, -0.15) is 0 Å². The molecule has 6 heteroatoms. The number of sulfonamides is 1. The largest absolute Gasteiger partial charge is 0.456 e. The molecule has 2 aliphatic rings. The molecule has 1 spiro atoms. The van der Waals surface area contributed by atoms with Crippen molar-refractivity contribution in [2.75, 3.05) is 0 Å². The van der Waals surface area contributed by atoms with Crippen molar-refractivity contribution in [2.24, 2.45) is 5.14 Å². The van der Waals surface area contributed by atoms with E-state index in [9.17, 15) is 8.42 Å². The van der Waals surface area contributed by atoms with E-state index in [1.165, 1.54) is 0 Å². The van der Waals surface area contributed by atoms with Crippen molar-refractivity contribution < 1.29 is 17.9 Å². The van der Waals surface area contributed by atoms with Crippen LogP contribution >= 0.6 is 0 Å². The molecule has 1 aliphatic heterocycles. The standard InChI is InChI=1S/C15H25NO4S/c1-10(2)13-9-14(11(3)4)20-15(19-13)7-5-12(6-8-15)21(16,17)18/h12H,5-9H2,1-4H3,(H2,16,17,18). The SMILES string of the molecule is CC(C)=C1CC(=C(C)C)OC2(CCC(S(N)(=O)=O)CC2)O1. The van der Waals surface area contributed by atoms with Gasteiger partial charge >= 0.3 is 0 Å². The molecule has 120 valence electrons. The highest BCUT2D eigenvalue weighted by atomic mass is 32.2. The first-order valence-electron chi connectivity index (χ1n) is 7.35. The monoisotopic (exact) mass is 315 g/mol. The van der Waals surface area contributed by atoms with Gasteiger partial charge in [0.15, 0.2) is 0 Å². The average Bonchev–Trinajstić information content (AvgIpc) is 2.37. The number of rotatable bonds is 1. The quantitative estimate of drug-likeness (QED) is 0.807. The highest BCUT2D eigenvalue weighted by Gasteiger charge is 2.45. The normalized spacial score (nSPS) is 29.9. The summed E-state index contributed by atoms with van der Waals surface area (Å²) in [6.07, 6.45) is 2.71. The molecule has 0 amide bonds. The summed E-state index contributed by atoms with van der Waals surface area (Å²) in [5.74, 6) is 1.15. The van der Waals surface area contributed by atoms with Crippen LogP contribution < -0.4 is 5.14 Å². The third kappa shape index (κ3) is 3.61. The minimum absolute atomic E-state index is 0.477. The fraction of sp³-hybridized carbons (Fsp3) is 0.733. The van der Waals surface area contributed by atoms with Crippen LogP contribution in [0.3, 0.4) is 0 Å². The summed E-state index contributed by atoms with van der Waals surface area (Å²) in [6.45, 7) is 8.08. The van der Waals surface area contributed by atoms with Crippen molar-refractivity contribution in [1.29, 1.82) is 0 Å². The molecule has 5 nitrogen and oxygen atoms in total. The molecule has 0 radical (unpaired) electrons. The van der Waals surface area contributed by atoms with Gasteiger partial charge in [-0.25, -0.2) is 13.6 Å². The van der Waals surface area contributed by atoms with Gasteiger partial charge in [-0.1, -0.05) is 0 Å². The molecule has 1 saturated carbocycles. The Kier molecular flexibility index (Phi) is 4.40. The van der Waals surface area contributed by atoms with Gasteiger partial charge in [-0.05, 0) is 51.7 Å². The lowest BCUT2D eigenvalue weighted by atomic mass is 9.92. The maximum atomic E-state index is 11.5. The average molecular weight is 315 g/mol. The predicted octanol–water partition coefficient (Wildman–Crippen LogP) is 2.94. The Hall–Kier alpha value is -1.01. The summed E-state index contributed by atoms with van der Waals surface area (Å²) in [5.41, 5.74) is 2.26. The van der Waals surface area contributed by atoms with E-state index in [0.29, 0.717) is 32.1 Å². The second kappa shape index (κ2) is 5.65. The van der Waals surface area contributed by atoms with Crippen LogP contribution in [0.25, 0.3) is 0 Å². The van der Waals surface area contributed by atoms with Crippen LogP contribution in [0.5, 0.6) is 0 Å². The van der Waals surface area contributed by atoms with Crippen molar-refractivity contribution in [2.45, 2.75) is 70.8 Å². The Labute approximate surface area is 127 Å². The van der Waals surface area contributed by atoms with Gasteiger partial charge in [0, 0.05) is 12.8 Å². The highest BCUT2D eigenvalue weighted by Crippen LogP contribution is 2.44. The molecule has 0 aromatic rings. The number of hydrogen-bond donors (Lipinski definition) is 1. The minimum Gasteiger partial charge on any atom is -0.456 e. The second-order valence-electron chi connectivity index (χ2n) is 6.43. The maximum Gasteiger partial charge on any atom is 0.250 e. The molecule has 1 heterocycles. The first kappa shape index (κ1) is 16.4. The summed E-state index contributed by atoms with van der Waals surface area (Å²) in [4.78, 5) is 0. The lowest BCUT2D eigenvalue weighted by Gasteiger charge is -2.44. The first-order valence-corrected chi connectivity index (χ1v) is 8.96. The van der Waals surface area contributed by atoms with Gasteiger partial charge in [-0.3, -0.25) is 0 Å². The fourth-order valence-corrected chi connectivity index (χ4v) is 3.70. The topological polar surface area (TPSA) is 78.6 Å². The second-order valence-corrected chi connectivity index (χ2v) is 8.27. The van der Waals surface area contributed by atoms with Gasteiger partial charge in [0.25, 0.3) is 0 Å². The van der Waals surface area contributed by atoms with Crippen LogP contribution in [0, 0.1) is 0 Å². The molecule has 2 fully saturated rings. The Bertz CT molecular complexity index is 545. The molecular formula is C15H25NO4S. The number of ether oxygens (including phenoxy) is 2. The van der Waals surface area contributed by atoms with Crippen molar-refractivity contribution in [3.63, 3.8) is 0 Å². The summed E-state index contributed by atoms with van der Waals surface area (Å²) in [5, 5.41) is 4.77. The zero-order valence-corrected chi connectivity index (χ0v) is 14.0. The van der Waals surface area contributed by atoms with Gasteiger partial charge in [0.2, 0.25) is 15.8 Å². The smallest absolute Gasteiger partial charge is 0.250 e. The van der Waals surface area contributed by atoms with Gasteiger partial charge in [0.1, 0.15) is 11.5 Å². The molecule has 1 saturated heterocycles. The van der Waals surface area contributed by atoms with Gasteiger partial charge in [0.05, 0.1) is 11.7 Å². The van der Waals surface area contributed by atoms with E-state index in [2.05, 4.69) is 0 Å². The van der Waals surface area contributed by atoms with Crippen LogP contribution in [0.4, 0.5) is 0 Å². The number of allylic oxidation sites excluding steroid dienone is 2. The van der Waals surface area contributed by atoms with Crippen LogP contribution in [0.15, 0.2) is 22.7 Å². The molecule has 0 bridgehead atoms. The Morgan fingerprint density at radius 1 is 1.05 bits per heavy atom. The van der Waals surface area contributed by atoms with Crippen molar-refractivity contribution >= 4 is 10.0 Å². The Morgan fingerprint density at radius 2 is 1.48 bits per heavy atom. The molecule has 21 heavy (non-hydrogen) atoms. The van der Waals surface area contributed by atoms with Crippen LogP contribution in [0.1, 0.15) is 59.8 Å². The summed E-state index contributed by atoms with van der Waals surface area (Å²) in [7, 11) is -3.48. The van der Waals surface area contributed by atoms with Gasteiger partial charge < -0.3 is 9.47 Å². The molecule has 1 aliphatic carbocycles. The van der Waals surface area contributed by atoms with Crippen molar-refractivity contribution in [3.8, 4) is 0 Å². The van der Waals surface area contributed by atoms with E-state index in [1.54, 1.807) is 0 Å². The van der Waals surface area contributed by atoms with Crippen LogP contribution in [-0.2, 0) is 19.5 Å². The third-order valence-corrected chi connectivity index (χ3v) is 5.61. The first-order chi connectivity index (χ1) is 9.63. The Morgan fingerprint density at radius 3 is 1.81 bits per heavy atom. The summed E-state index contributed by atoms with van der Waals surface area (Å²) in [6, 6.07) is 0. The Balaban J connectivity index is 2.23. The molecule has 0 aromatic carbocycles. The fourth-order valence-electron chi connectivity index (χ4n) is 2.81. The zero-order valence-electron chi connectivity index (χ0n) is 13.2. The van der Waals surface area contributed by atoms with E-state index in [4.69, 9.17) is 14.6 Å². The van der Waals surface area contributed by atoms with Crippen molar-refractivity contribution in [1.82, 2.24) is 0 Å². The number of nitrogens with two attached hydrogens (primary N) is 1. The van der Waals surface area contributed by atoms with Crippen LogP contribution in [-0.4, -0.2) is 19.5 Å². The highest BCUT2D eigenvalue weighted by molar-refractivity contribution is 7.89. The zero-order chi connectivity index (χ0) is 15.8. The number of hydrogen-bond acceptors (Lipinski definition) is 4.